The highest BCUT2D eigenvalue weighted by Crippen LogP contribution is 2.30. The van der Waals surface area contributed by atoms with Gasteiger partial charge in [0.1, 0.15) is 0 Å². The fraction of sp³-hybridized carbons (Fsp3) is 0.586. The second kappa shape index (κ2) is 12.9. The number of carbonyl (C=O) groups excluding carboxylic acids is 2. The molecule has 3 nitrogen and oxygen atoms in total. The largest absolute Gasteiger partial charge is 0.390 e. The second-order valence-electron chi connectivity index (χ2n) is 10.0. The molecule has 0 bridgehead atoms. The van der Waals surface area contributed by atoms with Crippen LogP contribution in [0.2, 0.25) is 0 Å². The van der Waals surface area contributed by atoms with Crippen LogP contribution in [-0.2, 0) is 9.59 Å². The number of carbonyl (C=O) groups is 2. The Morgan fingerprint density at radius 2 is 1.25 bits per heavy atom. The number of hydrogen-bond donors (Lipinski definition) is 1. The van der Waals surface area contributed by atoms with Gasteiger partial charge in [-0.05, 0) is 107 Å². The average molecular weight is 441 g/mol. The van der Waals surface area contributed by atoms with Crippen molar-refractivity contribution in [2.24, 2.45) is 0 Å². The zero-order valence-corrected chi connectivity index (χ0v) is 21.7. The van der Waals surface area contributed by atoms with E-state index < -0.39 is 5.60 Å². The Morgan fingerprint density at radius 3 is 1.81 bits per heavy atom. The van der Waals surface area contributed by atoms with E-state index in [2.05, 4.69) is 45.9 Å². The van der Waals surface area contributed by atoms with Crippen molar-refractivity contribution in [3.05, 3.63) is 57.2 Å². The Kier molecular flexibility index (Phi) is 11.3. The first-order valence-electron chi connectivity index (χ1n) is 12.0. The van der Waals surface area contributed by atoms with Gasteiger partial charge >= 0.3 is 0 Å². The van der Waals surface area contributed by atoms with Crippen molar-refractivity contribution in [2.45, 2.75) is 112 Å². The summed E-state index contributed by atoms with van der Waals surface area (Å²) in [4.78, 5) is 24.9. The molecule has 3 heteroatoms. The number of rotatable bonds is 12. The van der Waals surface area contributed by atoms with E-state index in [-0.39, 0.29) is 11.6 Å². The third-order valence-corrected chi connectivity index (χ3v) is 6.52. The molecule has 0 fully saturated rings. The molecule has 1 aliphatic carbocycles. The Morgan fingerprint density at radius 1 is 0.750 bits per heavy atom. The number of hydrogen-bond acceptors (Lipinski definition) is 3. The van der Waals surface area contributed by atoms with Crippen molar-refractivity contribution in [3.63, 3.8) is 0 Å². The summed E-state index contributed by atoms with van der Waals surface area (Å²) in [7, 11) is 0. The van der Waals surface area contributed by atoms with Crippen LogP contribution in [0.25, 0.3) is 0 Å². The van der Waals surface area contributed by atoms with Gasteiger partial charge in [0.05, 0.1) is 5.60 Å². The van der Waals surface area contributed by atoms with Crippen molar-refractivity contribution < 1.29 is 14.7 Å². The first kappa shape index (κ1) is 28.0. The first-order valence-corrected chi connectivity index (χ1v) is 12.0. The lowest BCUT2D eigenvalue weighted by Crippen LogP contribution is -2.26. The number of Topliss-reactive ketones (excluding diaryl/α,β-unsaturated/α-hetero) is 2. The zero-order valence-electron chi connectivity index (χ0n) is 21.7. The topological polar surface area (TPSA) is 54.4 Å². The van der Waals surface area contributed by atoms with E-state index in [0.717, 1.165) is 32.1 Å². The molecule has 1 rings (SSSR count). The lowest BCUT2D eigenvalue weighted by Gasteiger charge is -2.25. The summed E-state index contributed by atoms with van der Waals surface area (Å²) in [5.41, 5.74) is 5.48. The van der Waals surface area contributed by atoms with Crippen molar-refractivity contribution >= 4 is 11.6 Å². The summed E-state index contributed by atoms with van der Waals surface area (Å²) in [6, 6.07) is 0. The van der Waals surface area contributed by atoms with Gasteiger partial charge in [-0.25, -0.2) is 0 Å². The van der Waals surface area contributed by atoms with Gasteiger partial charge in [0.2, 0.25) is 0 Å². The molecule has 0 heterocycles. The Labute approximate surface area is 196 Å². The summed E-state index contributed by atoms with van der Waals surface area (Å²) >= 11 is 0. The van der Waals surface area contributed by atoms with Gasteiger partial charge < -0.3 is 5.11 Å². The second-order valence-corrected chi connectivity index (χ2v) is 10.0. The fourth-order valence-corrected chi connectivity index (χ4v) is 3.94. The number of allylic oxidation sites excluding steroid dienone is 10. The fourth-order valence-electron chi connectivity index (χ4n) is 3.94. The molecule has 32 heavy (non-hydrogen) atoms. The summed E-state index contributed by atoms with van der Waals surface area (Å²) in [5.74, 6) is -0.0909. The molecule has 1 atom stereocenters. The molecule has 1 N–H and O–H groups in total. The van der Waals surface area contributed by atoms with E-state index in [9.17, 15) is 14.7 Å². The third-order valence-electron chi connectivity index (χ3n) is 6.52. The van der Waals surface area contributed by atoms with Crippen LogP contribution in [0.1, 0.15) is 107 Å². The molecular formula is C29H44O3. The smallest absolute Gasteiger partial charge is 0.185 e. The highest BCUT2D eigenvalue weighted by molar-refractivity contribution is 6.24. The Bertz CT molecular complexity index is 853. The standard InChI is InChI=1S/C29H44O3/c1-20(2)12-9-13-21(3)14-10-15-22(4)16-11-18-29(8,32)19-17-26-25(7)27(30)23(5)24(6)28(26)31/h12,14,16,32H,9-11,13,15,17-19H2,1-8H3/t29-/m1/s1. The number of ketones is 2. The van der Waals surface area contributed by atoms with Crippen LogP contribution in [-0.4, -0.2) is 22.3 Å². The molecule has 178 valence electrons. The van der Waals surface area contributed by atoms with Crippen LogP contribution in [0.15, 0.2) is 57.2 Å². The van der Waals surface area contributed by atoms with Gasteiger partial charge in [0.15, 0.2) is 11.6 Å². The first-order chi connectivity index (χ1) is 14.9. The summed E-state index contributed by atoms with van der Waals surface area (Å²) < 4.78 is 0. The predicted molar refractivity (Wildman–Crippen MR) is 136 cm³/mol. The zero-order chi connectivity index (χ0) is 24.5. The van der Waals surface area contributed by atoms with Gasteiger partial charge in [0, 0.05) is 22.3 Å². The van der Waals surface area contributed by atoms with Crippen molar-refractivity contribution in [3.8, 4) is 0 Å². The summed E-state index contributed by atoms with van der Waals surface area (Å²) in [6.45, 7) is 15.6. The predicted octanol–water partition coefficient (Wildman–Crippen LogP) is 7.52. The van der Waals surface area contributed by atoms with Crippen molar-refractivity contribution in [2.75, 3.05) is 0 Å². The van der Waals surface area contributed by atoms with Crippen LogP contribution >= 0.6 is 0 Å². The third kappa shape index (κ3) is 9.24. The van der Waals surface area contributed by atoms with E-state index >= 15 is 0 Å². The maximum absolute atomic E-state index is 12.6. The minimum atomic E-state index is -0.862. The normalized spacial score (nSPS) is 17.8. The molecule has 0 radical (unpaired) electrons. The summed E-state index contributed by atoms with van der Waals surface area (Å²) in [5, 5.41) is 10.8. The average Bonchev–Trinajstić information content (AvgIpc) is 2.70. The lowest BCUT2D eigenvalue weighted by atomic mass is 9.82. The van der Waals surface area contributed by atoms with Crippen LogP contribution in [0.3, 0.4) is 0 Å². The summed E-state index contributed by atoms with van der Waals surface area (Å²) in [6.07, 6.45) is 13.5. The van der Waals surface area contributed by atoms with Crippen molar-refractivity contribution in [1.82, 2.24) is 0 Å². The van der Waals surface area contributed by atoms with E-state index in [0.29, 0.717) is 41.6 Å². The molecule has 0 spiro atoms. The monoisotopic (exact) mass is 440 g/mol. The molecule has 0 aromatic carbocycles. The van der Waals surface area contributed by atoms with Gasteiger partial charge in [-0.2, -0.15) is 0 Å². The quantitative estimate of drug-likeness (QED) is 0.252. The maximum Gasteiger partial charge on any atom is 0.185 e. The molecule has 0 aromatic heterocycles. The minimum absolute atomic E-state index is 0.0449. The van der Waals surface area contributed by atoms with E-state index in [1.807, 2.05) is 6.92 Å². The number of aliphatic hydroxyl groups is 1. The molecule has 0 saturated heterocycles. The minimum Gasteiger partial charge on any atom is -0.390 e. The Balaban J connectivity index is 2.49. The molecule has 0 unspecified atom stereocenters. The van der Waals surface area contributed by atoms with Crippen LogP contribution < -0.4 is 0 Å². The van der Waals surface area contributed by atoms with Gasteiger partial charge in [-0.15, -0.1) is 0 Å². The van der Waals surface area contributed by atoms with Crippen LogP contribution in [0.4, 0.5) is 0 Å². The molecule has 0 amide bonds. The van der Waals surface area contributed by atoms with Crippen molar-refractivity contribution in [1.29, 1.82) is 0 Å². The van der Waals surface area contributed by atoms with Crippen LogP contribution in [0.5, 0.6) is 0 Å². The van der Waals surface area contributed by atoms with E-state index in [1.165, 1.54) is 16.7 Å². The van der Waals surface area contributed by atoms with Gasteiger partial charge in [0.25, 0.3) is 0 Å². The molecule has 0 aromatic rings. The van der Waals surface area contributed by atoms with E-state index in [1.54, 1.807) is 20.8 Å². The Hall–Kier alpha value is -2.00. The van der Waals surface area contributed by atoms with E-state index in [4.69, 9.17) is 0 Å². The van der Waals surface area contributed by atoms with Crippen LogP contribution in [0, 0.1) is 0 Å². The molecular weight excluding hydrogens is 396 g/mol. The lowest BCUT2D eigenvalue weighted by molar-refractivity contribution is -0.116. The molecule has 0 aliphatic heterocycles. The SMILES string of the molecule is CC(C)=CCCC(C)=CCCC(C)=CCC[C@@](C)(O)CCC1=C(C)C(=O)C(C)=C(C)C1=O. The maximum atomic E-state index is 12.6. The highest BCUT2D eigenvalue weighted by Gasteiger charge is 2.29. The molecule has 1 aliphatic rings. The van der Waals surface area contributed by atoms with Gasteiger partial charge in [-0.1, -0.05) is 34.9 Å². The van der Waals surface area contributed by atoms with Gasteiger partial charge in [-0.3, -0.25) is 9.59 Å². The highest BCUT2D eigenvalue weighted by atomic mass is 16.3. The molecule has 0 saturated carbocycles.